The highest BCUT2D eigenvalue weighted by Crippen LogP contribution is 2.21. The number of carboxylic acid groups (broad SMARTS) is 1. The quantitative estimate of drug-likeness (QED) is 0.0612. The second-order valence-electron chi connectivity index (χ2n) is 18.1. The number of carbonyl (C=O) groups is 9. The van der Waals surface area contributed by atoms with E-state index in [9.17, 15) is 53.4 Å². The Labute approximate surface area is 391 Å². The highest BCUT2D eigenvalue weighted by Gasteiger charge is 2.39. The number of hydrogen-bond acceptors (Lipinski definition) is 11. The number of amides is 8. The smallest absolute Gasteiger partial charge is 0.326 e. The van der Waals surface area contributed by atoms with Crippen molar-refractivity contribution in [1.29, 1.82) is 0 Å². The summed E-state index contributed by atoms with van der Waals surface area (Å²) >= 11 is 0. The van der Waals surface area contributed by atoms with Crippen LogP contribution in [0.2, 0.25) is 0 Å². The van der Waals surface area contributed by atoms with E-state index in [-0.39, 0.29) is 31.2 Å². The van der Waals surface area contributed by atoms with Crippen molar-refractivity contribution in [3.05, 3.63) is 36.0 Å². The fraction of sp³-hybridized carbons (Fsp3) is 0.630. The number of aromatic amines is 1. The molecule has 21 heteroatoms. The average molecular weight is 941 g/mol. The summed E-state index contributed by atoms with van der Waals surface area (Å²) in [5.74, 6) is -7.51. The zero-order valence-corrected chi connectivity index (χ0v) is 40.1. The lowest BCUT2D eigenvalue weighted by Gasteiger charge is -2.30. The third kappa shape index (κ3) is 15.8. The zero-order valence-electron chi connectivity index (χ0n) is 40.1. The van der Waals surface area contributed by atoms with Crippen LogP contribution in [0.5, 0.6) is 0 Å². The number of carboxylic acids is 1. The third-order valence-electron chi connectivity index (χ3n) is 12.2. The van der Waals surface area contributed by atoms with Crippen LogP contribution in [0.15, 0.2) is 30.5 Å². The molecule has 2 aromatic rings. The summed E-state index contributed by atoms with van der Waals surface area (Å²) in [7, 11) is 0. The van der Waals surface area contributed by atoms with Crippen molar-refractivity contribution < 1.29 is 53.4 Å². The maximum atomic E-state index is 13.9. The van der Waals surface area contributed by atoms with Gasteiger partial charge in [-0.25, -0.2) is 4.79 Å². The van der Waals surface area contributed by atoms with Crippen LogP contribution in [-0.4, -0.2) is 141 Å². The van der Waals surface area contributed by atoms with E-state index in [2.05, 4.69) is 42.2 Å². The van der Waals surface area contributed by atoms with Crippen molar-refractivity contribution in [2.75, 3.05) is 13.1 Å². The number of likely N-dealkylation sites (tertiary alicyclic amines) is 1. The van der Waals surface area contributed by atoms with Gasteiger partial charge in [0, 0.05) is 30.1 Å². The predicted molar refractivity (Wildman–Crippen MR) is 248 cm³/mol. The molecule has 1 aliphatic rings. The number of rotatable bonds is 25. The van der Waals surface area contributed by atoms with Crippen LogP contribution in [0.3, 0.4) is 0 Å². The molecular weight excluding hydrogens is 869 g/mol. The first-order chi connectivity index (χ1) is 31.5. The van der Waals surface area contributed by atoms with E-state index in [1.54, 1.807) is 33.9 Å². The third-order valence-corrected chi connectivity index (χ3v) is 12.2. The van der Waals surface area contributed by atoms with Crippen LogP contribution in [0.25, 0.3) is 10.9 Å². The van der Waals surface area contributed by atoms with Gasteiger partial charge in [-0.3, -0.25) is 38.4 Å². The number of benzene rings is 1. The number of aromatic nitrogens is 1. The number of aliphatic hydroxyl groups excluding tert-OH is 1. The number of fused-ring (bicyclic) bond motifs is 1. The zero-order chi connectivity index (χ0) is 50.3. The first-order valence-electron chi connectivity index (χ1n) is 23.1. The Morgan fingerprint density at radius 1 is 0.746 bits per heavy atom. The lowest BCUT2D eigenvalue weighted by Crippen LogP contribution is -2.59. The Balaban J connectivity index is 1.61. The highest BCUT2D eigenvalue weighted by atomic mass is 16.4. The topological polar surface area (TPSA) is 323 Å². The van der Waals surface area contributed by atoms with Gasteiger partial charge in [-0.15, -0.1) is 0 Å². The minimum absolute atomic E-state index is 0.0130. The number of nitrogens with two attached hydrogens (primary N) is 1. The molecule has 3 rings (SSSR count). The van der Waals surface area contributed by atoms with Gasteiger partial charge >= 0.3 is 5.97 Å². The van der Waals surface area contributed by atoms with Gasteiger partial charge in [-0.05, 0) is 69.4 Å². The van der Waals surface area contributed by atoms with Crippen LogP contribution < -0.4 is 43.0 Å². The monoisotopic (exact) mass is 941 g/mol. The molecule has 0 aliphatic carbocycles. The minimum Gasteiger partial charge on any atom is -0.480 e. The highest BCUT2D eigenvalue weighted by molar-refractivity contribution is 5.98. The summed E-state index contributed by atoms with van der Waals surface area (Å²) in [5, 5.41) is 38.6. The summed E-state index contributed by atoms with van der Waals surface area (Å²) in [6.45, 7) is 14.5. The number of carbonyl (C=O) groups excluding carboxylic acids is 8. The van der Waals surface area contributed by atoms with E-state index in [4.69, 9.17) is 5.73 Å². The summed E-state index contributed by atoms with van der Waals surface area (Å²) in [6, 6.07) is -1.80. The number of H-pyrrole nitrogens is 1. The number of hydrogen-bond donors (Lipinski definition) is 11. The number of para-hydroxylation sites is 1. The minimum atomic E-state index is -1.33. The molecular formula is C46H72N10O11. The van der Waals surface area contributed by atoms with E-state index >= 15 is 0 Å². The first-order valence-corrected chi connectivity index (χ1v) is 23.1. The standard InChI is InChI=1S/C46H72N10O11/c1-10-24(5)37(54-41(61)33(53-43(63)36(47)28(9)57)20-29-21-48-31-16-13-12-15-30(29)31)44(64)49-22-35(58)50-26(7)39(59)51-27(8)45(65)56-18-14-17-34(56)42(62)52-32(19-23(3)4)40(60)55-38(46(66)67)25(6)11-2/h12-13,15-16,21,23-28,32-34,36-38,48,57H,10-11,14,17-20,22,47H2,1-9H3,(H,49,64)(H,50,58)(H,51,59)(H,52,62)(H,53,63)(H,54,61)(H,55,60)(H,66,67)/t24-,25-,26-,27-,28+,32-,33-,34-,36-,37-,38-/m0/s1. The second kappa shape index (κ2) is 25.7. The fourth-order valence-electron chi connectivity index (χ4n) is 7.67. The molecule has 0 bridgehead atoms. The van der Waals surface area contributed by atoms with Gasteiger partial charge in [-0.2, -0.15) is 0 Å². The summed E-state index contributed by atoms with van der Waals surface area (Å²) in [5.41, 5.74) is 7.37. The molecule has 0 saturated carbocycles. The second-order valence-corrected chi connectivity index (χ2v) is 18.1. The van der Waals surface area contributed by atoms with E-state index in [1.807, 2.05) is 38.1 Å². The van der Waals surface area contributed by atoms with Crippen molar-refractivity contribution in [1.82, 2.24) is 47.1 Å². The maximum Gasteiger partial charge on any atom is 0.326 e. The van der Waals surface area contributed by atoms with Gasteiger partial charge in [0.15, 0.2) is 0 Å². The normalized spacial score (nSPS) is 18.1. The van der Waals surface area contributed by atoms with Crippen LogP contribution in [0, 0.1) is 17.8 Å². The van der Waals surface area contributed by atoms with E-state index in [0.717, 1.165) is 10.9 Å². The van der Waals surface area contributed by atoms with Gasteiger partial charge in [0.25, 0.3) is 0 Å². The fourth-order valence-corrected chi connectivity index (χ4v) is 7.67. The molecule has 21 nitrogen and oxygen atoms in total. The van der Waals surface area contributed by atoms with E-state index in [1.165, 1.54) is 25.7 Å². The molecule has 1 aliphatic heterocycles. The van der Waals surface area contributed by atoms with Crippen LogP contribution in [0.1, 0.15) is 100.0 Å². The van der Waals surface area contributed by atoms with Crippen molar-refractivity contribution in [3.63, 3.8) is 0 Å². The molecule has 0 radical (unpaired) electrons. The molecule has 1 aromatic carbocycles. The molecule has 0 spiro atoms. The SMILES string of the molecule is CC[C@H](C)[C@H](NC(=O)[C@H](CC(C)C)NC(=O)[C@@H]1CCCN1C(=O)[C@H](C)NC(=O)[C@H](C)NC(=O)CNC(=O)[C@@H](NC(=O)[C@H](Cc1c[nH]c2ccccc12)NC(=O)[C@@H](N)[C@@H](C)O)[C@@H](C)CC)C(=O)O. The van der Waals surface area contributed by atoms with Crippen molar-refractivity contribution in [2.24, 2.45) is 23.5 Å². The van der Waals surface area contributed by atoms with Crippen molar-refractivity contribution in [3.8, 4) is 0 Å². The molecule has 372 valence electrons. The van der Waals surface area contributed by atoms with Gasteiger partial charge in [-0.1, -0.05) is 72.6 Å². The molecule has 8 amide bonds. The van der Waals surface area contributed by atoms with E-state index < -0.39 is 120 Å². The van der Waals surface area contributed by atoms with Gasteiger partial charge < -0.3 is 63.0 Å². The van der Waals surface area contributed by atoms with Crippen LogP contribution in [-0.2, 0) is 49.6 Å². The lowest BCUT2D eigenvalue weighted by molar-refractivity contribution is -0.144. The number of aliphatic carboxylic acids is 1. The number of nitrogens with zero attached hydrogens (tertiary/aromatic N) is 1. The Morgan fingerprint density at radius 3 is 1.97 bits per heavy atom. The van der Waals surface area contributed by atoms with Crippen molar-refractivity contribution >= 4 is 64.1 Å². The average Bonchev–Trinajstić information content (AvgIpc) is 3.95. The Morgan fingerprint density at radius 2 is 1.36 bits per heavy atom. The molecule has 1 aromatic heterocycles. The molecule has 12 N–H and O–H groups in total. The maximum absolute atomic E-state index is 13.9. The Hall–Kier alpha value is -6.09. The lowest BCUT2D eigenvalue weighted by atomic mass is 9.97. The van der Waals surface area contributed by atoms with Crippen LogP contribution in [0.4, 0.5) is 0 Å². The summed E-state index contributed by atoms with van der Waals surface area (Å²) < 4.78 is 0. The summed E-state index contributed by atoms with van der Waals surface area (Å²) in [6.07, 6.45) is 2.44. The molecule has 11 atom stereocenters. The molecule has 2 heterocycles. The van der Waals surface area contributed by atoms with Crippen molar-refractivity contribution in [2.45, 2.75) is 155 Å². The number of nitrogens with one attached hydrogen (secondary N) is 8. The van der Waals surface area contributed by atoms with Gasteiger partial charge in [0.05, 0.1) is 12.6 Å². The Kier molecular flexibility index (Phi) is 21.2. The van der Waals surface area contributed by atoms with E-state index in [0.29, 0.717) is 31.2 Å². The Bertz CT molecular complexity index is 2080. The van der Waals surface area contributed by atoms with Gasteiger partial charge in [0.1, 0.15) is 48.3 Å². The predicted octanol–water partition coefficient (Wildman–Crippen LogP) is -0.303. The molecule has 67 heavy (non-hydrogen) atoms. The molecule has 1 fully saturated rings. The molecule has 1 saturated heterocycles. The van der Waals surface area contributed by atoms with Gasteiger partial charge in [0.2, 0.25) is 47.3 Å². The first kappa shape index (κ1) is 55.2. The summed E-state index contributed by atoms with van der Waals surface area (Å²) in [4.78, 5) is 123. The van der Waals surface area contributed by atoms with Crippen LogP contribution >= 0.6 is 0 Å². The number of aliphatic hydroxyl groups is 1. The molecule has 0 unspecified atom stereocenters. The largest absolute Gasteiger partial charge is 0.480 e.